The van der Waals surface area contributed by atoms with Crippen LogP contribution in [0.2, 0.25) is 0 Å². The zero-order valence-electron chi connectivity index (χ0n) is 19.7. The molecule has 0 unspecified atom stereocenters. The molecule has 0 bridgehead atoms. The summed E-state index contributed by atoms with van der Waals surface area (Å²) >= 11 is 0. The number of rotatable bonds is 1. The average Bonchev–Trinajstić information content (AvgIpc) is 3.33. The van der Waals surface area contributed by atoms with Gasteiger partial charge in [0.05, 0.1) is 17.9 Å². The third-order valence-electron chi connectivity index (χ3n) is 10.0. The molecule has 33 heavy (non-hydrogen) atoms. The van der Waals surface area contributed by atoms with Crippen LogP contribution in [0.3, 0.4) is 0 Å². The molecule has 0 N–H and O–H groups in total. The Morgan fingerprint density at radius 2 is 1.76 bits per heavy atom. The van der Waals surface area contributed by atoms with Crippen molar-refractivity contribution in [3.8, 4) is 0 Å². The van der Waals surface area contributed by atoms with Crippen molar-refractivity contribution < 1.29 is 33.0 Å². The lowest BCUT2D eigenvalue weighted by Gasteiger charge is -2.64. The SMILES string of the molecule is CC1(C)OC(=O)C=C[C@@]2(C)[C@H]1CC(=O)[C@]1(C)[C@H]2CC[C@@]2(C)[C@H](c3ccoc3)OC(=O)[C@H]3O[C@]321. The van der Waals surface area contributed by atoms with Crippen LogP contribution in [0.1, 0.15) is 65.5 Å². The minimum Gasteiger partial charge on any atom is -0.472 e. The number of ether oxygens (including phenoxy) is 3. The summed E-state index contributed by atoms with van der Waals surface area (Å²) in [5.41, 5.74) is -2.94. The normalized spacial score (nSPS) is 49.5. The fourth-order valence-corrected chi connectivity index (χ4v) is 8.49. The molecule has 0 aromatic carbocycles. The highest BCUT2D eigenvalue weighted by molar-refractivity contribution is 5.93. The summed E-state index contributed by atoms with van der Waals surface area (Å²) < 4.78 is 23.3. The second kappa shape index (κ2) is 5.98. The van der Waals surface area contributed by atoms with E-state index in [0.29, 0.717) is 6.42 Å². The standard InChI is InChI=1S/C26H30O7/c1-22(2)16-12-17(27)25(5)15(23(16,3)9-7-18(28)32-22)6-10-24(4)19(14-8-11-30-13-14)31-21(29)20-26(24,25)33-20/h7-9,11,13,15-16,19-20H,6,10,12H2,1-5H3/t15-,16-,19-,20+,23+,24-,25-,26+/m0/s1. The van der Waals surface area contributed by atoms with E-state index < -0.39 is 45.6 Å². The Morgan fingerprint density at radius 1 is 1.00 bits per heavy atom. The lowest BCUT2D eigenvalue weighted by atomic mass is 9.37. The molecule has 1 aromatic heterocycles. The van der Waals surface area contributed by atoms with Crippen molar-refractivity contribution in [3.05, 3.63) is 36.3 Å². The number of furan rings is 1. The van der Waals surface area contributed by atoms with Gasteiger partial charge in [0.2, 0.25) is 0 Å². The number of allylic oxidation sites excluding steroid dienone is 1. The minimum absolute atomic E-state index is 0.0727. The van der Waals surface area contributed by atoms with Crippen LogP contribution in [0.4, 0.5) is 0 Å². The van der Waals surface area contributed by atoms with Gasteiger partial charge in [-0.25, -0.2) is 9.59 Å². The van der Waals surface area contributed by atoms with Gasteiger partial charge in [0, 0.05) is 29.4 Å². The van der Waals surface area contributed by atoms with Gasteiger partial charge in [-0.15, -0.1) is 0 Å². The first-order valence-corrected chi connectivity index (χ1v) is 11.8. The van der Waals surface area contributed by atoms with E-state index >= 15 is 0 Å². The number of Topliss-reactive ketones (excluding diaryl/α,β-unsaturated/α-hetero) is 1. The molecule has 7 heteroatoms. The number of hydrogen-bond donors (Lipinski definition) is 0. The smallest absolute Gasteiger partial charge is 0.339 e. The zero-order valence-corrected chi connectivity index (χ0v) is 19.7. The van der Waals surface area contributed by atoms with Gasteiger partial charge in [-0.05, 0) is 51.0 Å². The van der Waals surface area contributed by atoms with Gasteiger partial charge in [0.15, 0.2) is 6.10 Å². The van der Waals surface area contributed by atoms with Crippen LogP contribution in [0.25, 0.3) is 0 Å². The van der Waals surface area contributed by atoms with Crippen LogP contribution in [-0.2, 0) is 28.6 Å². The number of ketones is 1. The summed E-state index contributed by atoms with van der Waals surface area (Å²) in [4.78, 5) is 39.6. The fourth-order valence-electron chi connectivity index (χ4n) is 8.49. The van der Waals surface area contributed by atoms with Crippen LogP contribution in [0, 0.1) is 28.1 Å². The van der Waals surface area contributed by atoms with Crippen LogP contribution in [0.15, 0.2) is 35.2 Å². The van der Waals surface area contributed by atoms with Gasteiger partial charge >= 0.3 is 11.9 Å². The lowest BCUT2D eigenvalue weighted by molar-refractivity contribution is -0.215. The van der Waals surface area contributed by atoms with E-state index in [-0.39, 0.29) is 30.0 Å². The molecule has 0 radical (unpaired) electrons. The maximum Gasteiger partial charge on any atom is 0.339 e. The Kier molecular flexibility index (Phi) is 3.83. The molecule has 6 rings (SSSR count). The van der Waals surface area contributed by atoms with Crippen LogP contribution in [-0.4, -0.2) is 35.0 Å². The van der Waals surface area contributed by atoms with Crippen molar-refractivity contribution >= 4 is 17.7 Å². The van der Waals surface area contributed by atoms with E-state index in [1.54, 1.807) is 12.5 Å². The summed E-state index contributed by atoms with van der Waals surface area (Å²) in [5, 5.41) is 0. The molecular weight excluding hydrogens is 424 g/mol. The largest absolute Gasteiger partial charge is 0.472 e. The lowest BCUT2D eigenvalue weighted by Crippen LogP contribution is -2.71. The monoisotopic (exact) mass is 454 g/mol. The number of fused-ring (bicyclic) bond motifs is 3. The van der Waals surface area contributed by atoms with Crippen LogP contribution < -0.4 is 0 Å². The molecule has 3 aliphatic heterocycles. The van der Waals surface area contributed by atoms with Crippen LogP contribution >= 0.6 is 0 Å². The van der Waals surface area contributed by atoms with E-state index in [2.05, 4.69) is 13.8 Å². The molecule has 2 saturated carbocycles. The molecule has 7 nitrogen and oxygen atoms in total. The van der Waals surface area contributed by atoms with E-state index in [1.165, 1.54) is 6.08 Å². The fraction of sp³-hybridized carbons (Fsp3) is 0.654. The summed E-state index contributed by atoms with van der Waals surface area (Å²) in [6.45, 7) is 9.99. The van der Waals surface area contributed by atoms with E-state index in [4.69, 9.17) is 18.6 Å². The van der Waals surface area contributed by atoms with E-state index in [0.717, 1.165) is 12.0 Å². The number of carbonyl (C=O) groups excluding carboxylic acids is 3. The van der Waals surface area contributed by atoms with Crippen molar-refractivity contribution in [2.75, 3.05) is 0 Å². The summed E-state index contributed by atoms with van der Waals surface area (Å²) in [5.74, 6) is -1.02. The highest BCUT2D eigenvalue weighted by Crippen LogP contribution is 2.78. The van der Waals surface area contributed by atoms with Crippen molar-refractivity contribution in [2.45, 2.75) is 77.3 Å². The second-order valence-corrected chi connectivity index (χ2v) is 11.7. The van der Waals surface area contributed by atoms with Gasteiger partial charge in [0.25, 0.3) is 0 Å². The molecule has 1 aromatic rings. The highest BCUT2D eigenvalue weighted by atomic mass is 16.7. The topological polar surface area (TPSA) is 95.3 Å². The van der Waals surface area contributed by atoms with Crippen molar-refractivity contribution in [3.63, 3.8) is 0 Å². The van der Waals surface area contributed by atoms with Gasteiger partial charge in [0.1, 0.15) is 23.1 Å². The van der Waals surface area contributed by atoms with Gasteiger partial charge in [-0.2, -0.15) is 0 Å². The molecule has 4 fully saturated rings. The first-order chi connectivity index (χ1) is 15.4. The summed E-state index contributed by atoms with van der Waals surface area (Å²) in [6, 6.07) is 1.81. The Hall–Kier alpha value is -2.41. The Morgan fingerprint density at radius 3 is 2.45 bits per heavy atom. The first-order valence-electron chi connectivity index (χ1n) is 11.8. The molecule has 5 aliphatic rings. The third-order valence-corrected chi connectivity index (χ3v) is 10.0. The first kappa shape index (κ1) is 21.1. The molecule has 176 valence electrons. The number of esters is 2. The molecule has 4 heterocycles. The van der Waals surface area contributed by atoms with Crippen molar-refractivity contribution in [2.24, 2.45) is 28.1 Å². The molecule has 8 atom stereocenters. The Bertz CT molecular complexity index is 1100. The number of carbonyl (C=O) groups is 3. The predicted molar refractivity (Wildman–Crippen MR) is 115 cm³/mol. The van der Waals surface area contributed by atoms with E-state index in [1.807, 2.05) is 32.9 Å². The molecule has 2 aliphatic carbocycles. The maximum atomic E-state index is 14.1. The minimum atomic E-state index is -0.958. The van der Waals surface area contributed by atoms with Crippen LogP contribution in [0.5, 0.6) is 0 Å². The van der Waals surface area contributed by atoms with Crippen molar-refractivity contribution in [1.29, 1.82) is 0 Å². The molecular formula is C26H30O7. The zero-order chi connectivity index (χ0) is 23.6. The third kappa shape index (κ3) is 2.23. The van der Waals surface area contributed by atoms with E-state index in [9.17, 15) is 14.4 Å². The summed E-state index contributed by atoms with van der Waals surface area (Å²) in [6.07, 6.45) is 7.04. The molecule has 2 saturated heterocycles. The Labute approximate surface area is 192 Å². The second-order valence-electron chi connectivity index (χ2n) is 11.7. The maximum absolute atomic E-state index is 14.1. The number of cyclic esters (lactones) is 2. The number of epoxide rings is 1. The summed E-state index contributed by atoms with van der Waals surface area (Å²) in [7, 11) is 0. The highest BCUT2D eigenvalue weighted by Gasteiger charge is 2.88. The van der Waals surface area contributed by atoms with Gasteiger partial charge in [-0.3, -0.25) is 4.79 Å². The van der Waals surface area contributed by atoms with Gasteiger partial charge in [-0.1, -0.05) is 19.9 Å². The van der Waals surface area contributed by atoms with Crippen molar-refractivity contribution in [1.82, 2.24) is 0 Å². The number of hydrogen-bond acceptors (Lipinski definition) is 7. The molecule has 0 amide bonds. The van der Waals surface area contributed by atoms with Gasteiger partial charge < -0.3 is 18.6 Å². The Balaban J connectivity index is 1.53. The quantitative estimate of drug-likeness (QED) is 0.469. The predicted octanol–water partition coefficient (Wildman–Crippen LogP) is 3.92. The average molecular weight is 455 g/mol. The molecule has 1 spiro atoms.